The first-order valence-electron chi connectivity index (χ1n) is 9.77. The molecule has 0 bridgehead atoms. The number of aliphatic hydroxyl groups is 1. The number of aryl methyl sites for hydroxylation is 1. The van der Waals surface area contributed by atoms with Crippen LogP contribution in [-0.4, -0.2) is 36.5 Å². The number of ether oxygens (including phenoxy) is 1. The van der Waals surface area contributed by atoms with Crippen LogP contribution in [0.25, 0.3) is 22.2 Å². The van der Waals surface area contributed by atoms with Gasteiger partial charge >= 0.3 is 5.69 Å². The van der Waals surface area contributed by atoms with Crippen LogP contribution in [0.5, 0.6) is 0 Å². The van der Waals surface area contributed by atoms with Crippen molar-refractivity contribution in [2.45, 2.75) is 18.8 Å². The Morgan fingerprint density at radius 3 is 2.75 bits per heavy atom. The van der Waals surface area contributed by atoms with Crippen molar-refractivity contribution in [3.05, 3.63) is 72.2 Å². The maximum Gasteiger partial charge on any atom is 0.331 e. The lowest BCUT2D eigenvalue weighted by atomic mass is 10.1. The number of nitrogens with zero attached hydrogens (tertiary/aromatic N) is 4. The average Bonchev–Trinajstić information content (AvgIpc) is 3.37. The van der Waals surface area contributed by atoms with Crippen molar-refractivity contribution in [3.8, 4) is 11.3 Å². The number of thiazole rings is 1. The molecule has 1 aromatic carbocycles. The molecule has 4 aromatic rings. The molecule has 0 saturated carbocycles. The molecular weight excluding hydrogens is 459 g/mol. The zero-order valence-corrected chi connectivity index (χ0v) is 18.7. The molecule has 4 heterocycles. The Labute approximate surface area is 189 Å². The van der Waals surface area contributed by atoms with Crippen LogP contribution >= 0.6 is 22.9 Å². The van der Waals surface area contributed by atoms with Crippen LogP contribution in [0, 0.1) is 5.82 Å². The molecule has 0 amide bonds. The number of hydrogen-bond donors (Lipinski definition) is 1. The second-order valence-corrected chi connectivity index (χ2v) is 8.89. The summed E-state index contributed by atoms with van der Waals surface area (Å²) >= 11 is 7.33. The van der Waals surface area contributed by atoms with E-state index in [1.165, 1.54) is 35.1 Å². The number of rotatable bonds is 3. The Morgan fingerprint density at radius 2 is 2.09 bits per heavy atom. The summed E-state index contributed by atoms with van der Waals surface area (Å²) in [6, 6.07) is 5.92. The number of aliphatic hydroxyl groups excluding tert-OH is 1. The standard InChI is InChI=1S/C21H18ClFN4O4S/c1-25-16-14(20(29)26(2)21(25)30)15(10-4-3-5-11(23)6-10)27-7-12(8-28)31-18(17(16)27)19-24-13(22)9-32-19/h3-6,9,12,18,28H,7-8H2,1-2H3/t12-,18-/m1/s1. The summed E-state index contributed by atoms with van der Waals surface area (Å²) in [4.78, 5) is 30.4. The van der Waals surface area contributed by atoms with E-state index in [4.69, 9.17) is 16.3 Å². The van der Waals surface area contributed by atoms with Crippen LogP contribution in [0.3, 0.4) is 0 Å². The SMILES string of the molecule is Cn1c(=O)c2c(-c3cccc(F)c3)n3c(c2n(C)c1=O)[C@H](c1nc(Cl)cs1)O[C@@H](CO)C3. The molecule has 11 heteroatoms. The second-order valence-electron chi connectivity index (χ2n) is 7.61. The van der Waals surface area contributed by atoms with E-state index >= 15 is 0 Å². The van der Waals surface area contributed by atoms with Gasteiger partial charge < -0.3 is 14.4 Å². The van der Waals surface area contributed by atoms with Gasteiger partial charge in [-0.3, -0.25) is 13.9 Å². The van der Waals surface area contributed by atoms with Gasteiger partial charge in [-0.05, 0) is 12.1 Å². The summed E-state index contributed by atoms with van der Waals surface area (Å²) in [7, 11) is 2.98. The molecule has 0 unspecified atom stereocenters. The van der Waals surface area contributed by atoms with Gasteiger partial charge in [0, 0.05) is 25.0 Å². The van der Waals surface area contributed by atoms with Gasteiger partial charge in [0.2, 0.25) is 0 Å². The van der Waals surface area contributed by atoms with Crippen molar-refractivity contribution < 1.29 is 14.2 Å². The van der Waals surface area contributed by atoms with Gasteiger partial charge in [0.25, 0.3) is 5.56 Å². The molecule has 3 aromatic heterocycles. The fourth-order valence-corrected chi connectivity index (χ4v) is 5.29. The summed E-state index contributed by atoms with van der Waals surface area (Å²) < 4.78 is 24.5. The highest BCUT2D eigenvalue weighted by Crippen LogP contribution is 2.42. The minimum atomic E-state index is -0.777. The van der Waals surface area contributed by atoms with Crippen molar-refractivity contribution in [1.29, 1.82) is 0 Å². The highest BCUT2D eigenvalue weighted by molar-refractivity contribution is 7.10. The molecule has 8 nitrogen and oxygen atoms in total. The van der Waals surface area contributed by atoms with Gasteiger partial charge in [-0.25, -0.2) is 14.2 Å². The Bertz CT molecular complexity index is 1490. The first-order valence-corrected chi connectivity index (χ1v) is 11.0. The Balaban J connectivity index is 1.97. The Morgan fingerprint density at radius 1 is 1.31 bits per heavy atom. The van der Waals surface area contributed by atoms with Gasteiger partial charge in [-0.1, -0.05) is 23.7 Å². The predicted octanol–water partition coefficient (Wildman–Crippen LogP) is 2.44. The lowest BCUT2D eigenvalue weighted by Gasteiger charge is -2.31. The van der Waals surface area contributed by atoms with Gasteiger partial charge in [0.1, 0.15) is 16.0 Å². The smallest absolute Gasteiger partial charge is 0.331 e. The molecule has 1 aliphatic rings. The van der Waals surface area contributed by atoms with Gasteiger partial charge in [-0.15, -0.1) is 11.3 Å². The van der Waals surface area contributed by atoms with Crippen LogP contribution in [0.2, 0.25) is 5.15 Å². The molecule has 0 aliphatic carbocycles. The van der Waals surface area contributed by atoms with E-state index in [-0.39, 0.29) is 23.7 Å². The summed E-state index contributed by atoms with van der Waals surface area (Å²) in [5.74, 6) is -0.457. The Kier molecular flexibility index (Phi) is 5.05. The van der Waals surface area contributed by atoms with Crippen molar-refractivity contribution in [3.63, 3.8) is 0 Å². The number of aromatic nitrogens is 4. The molecule has 0 spiro atoms. The summed E-state index contributed by atoms with van der Waals surface area (Å²) in [5.41, 5.74) is 0.853. The third kappa shape index (κ3) is 3.06. The summed E-state index contributed by atoms with van der Waals surface area (Å²) in [6.45, 7) is -0.0670. The van der Waals surface area contributed by atoms with Gasteiger partial charge in [0.05, 0.1) is 41.5 Å². The zero-order chi connectivity index (χ0) is 22.7. The van der Waals surface area contributed by atoms with Crippen molar-refractivity contribution in [1.82, 2.24) is 18.7 Å². The topological polar surface area (TPSA) is 91.3 Å². The molecule has 1 aliphatic heterocycles. The van der Waals surface area contributed by atoms with E-state index in [0.29, 0.717) is 27.5 Å². The largest absolute Gasteiger partial charge is 0.394 e. The van der Waals surface area contributed by atoms with E-state index < -0.39 is 29.3 Å². The molecule has 2 atom stereocenters. The lowest BCUT2D eigenvalue weighted by Crippen LogP contribution is -2.37. The molecule has 5 rings (SSSR count). The van der Waals surface area contributed by atoms with E-state index in [9.17, 15) is 19.1 Å². The second kappa shape index (κ2) is 7.66. The van der Waals surface area contributed by atoms with Gasteiger partial charge in [-0.2, -0.15) is 0 Å². The fourth-order valence-electron chi connectivity index (χ4n) is 4.30. The molecule has 32 heavy (non-hydrogen) atoms. The molecule has 166 valence electrons. The van der Waals surface area contributed by atoms with Crippen LogP contribution in [0.4, 0.5) is 4.39 Å². The van der Waals surface area contributed by atoms with Gasteiger partial charge in [0.15, 0.2) is 6.10 Å². The molecule has 1 N–H and O–H groups in total. The quantitative estimate of drug-likeness (QED) is 0.490. The minimum absolute atomic E-state index is 0.208. The Hall–Kier alpha value is -2.79. The molecule has 0 radical (unpaired) electrons. The van der Waals surface area contributed by atoms with E-state index in [0.717, 1.165) is 4.57 Å². The minimum Gasteiger partial charge on any atom is -0.394 e. The van der Waals surface area contributed by atoms with Crippen molar-refractivity contribution >= 4 is 33.8 Å². The zero-order valence-electron chi connectivity index (χ0n) is 17.1. The van der Waals surface area contributed by atoms with Crippen LogP contribution in [-0.2, 0) is 25.4 Å². The highest BCUT2D eigenvalue weighted by atomic mass is 35.5. The molecule has 0 saturated heterocycles. The maximum atomic E-state index is 14.2. The number of hydrogen-bond acceptors (Lipinski definition) is 6. The van der Waals surface area contributed by atoms with Crippen LogP contribution in [0.1, 0.15) is 16.8 Å². The maximum absolute atomic E-state index is 14.2. The first kappa shape index (κ1) is 21.1. The predicted molar refractivity (Wildman–Crippen MR) is 119 cm³/mol. The van der Waals surface area contributed by atoms with Crippen LogP contribution in [0.15, 0.2) is 39.2 Å². The van der Waals surface area contributed by atoms with Crippen LogP contribution < -0.4 is 11.2 Å². The average molecular weight is 477 g/mol. The van der Waals surface area contributed by atoms with E-state index in [1.807, 2.05) is 4.57 Å². The van der Waals surface area contributed by atoms with E-state index in [2.05, 4.69) is 4.98 Å². The molecular formula is C21H18ClFN4O4S. The molecule has 0 fully saturated rings. The van der Waals surface area contributed by atoms with Crippen molar-refractivity contribution in [2.75, 3.05) is 6.61 Å². The fraction of sp³-hybridized carbons (Fsp3) is 0.286. The summed E-state index contributed by atoms with van der Waals surface area (Å²) in [5, 5.41) is 12.6. The lowest BCUT2D eigenvalue weighted by molar-refractivity contribution is -0.0517. The third-order valence-corrected chi connectivity index (χ3v) is 6.90. The summed E-state index contributed by atoms with van der Waals surface area (Å²) in [6.07, 6.45) is -1.38. The van der Waals surface area contributed by atoms with E-state index in [1.54, 1.807) is 24.6 Å². The normalized spacial score (nSPS) is 18.3. The number of fused-ring (bicyclic) bond motifs is 3. The third-order valence-electron chi connectivity index (χ3n) is 5.69. The first-order chi connectivity index (χ1) is 15.3. The monoisotopic (exact) mass is 476 g/mol. The number of halogens is 2. The highest BCUT2D eigenvalue weighted by Gasteiger charge is 2.37. The number of benzene rings is 1. The van der Waals surface area contributed by atoms with Crippen molar-refractivity contribution in [2.24, 2.45) is 14.1 Å².